The number of carboxylic acids is 1. The minimum absolute atomic E-state index is 0.765. The fraction of sp³-hybridized carbons (Fsp3) is 0.894. The van der Waals surface area contributed by atoms with Gasteiger partial charge in [-0.05, 0) is 0 Å². The van der Waals surface area contributed by atoms with E-state index in [-0.39, 0.29) is 0 Å². The summed E-state index contributed by atoms with van der Waals surface area (Å²) >= 11 is 0. The molecule has 0 aromatic carbocycles. The van der Waals surface area contributed by atoms with Crippen molar-refractivity contribution in [2.45, 2.75) is 224 Å². The Kier molecular flexibility index (Phi) is 24.9. The molecule has 0 bridgehead atoms. The summed E-state index contributed by atoms with van der Waals surface area (Å²) in [6.07, 6.45) is -55.3. The van der Waals surface area contributed by atoms with Crippen LogP contribution in [0.15, 0.2) is 0 Å². The minimum Gasteiger partial charge on any atom is -0.477 e. The molecule has 38 nitrogen and oxygen atoms in total. The van der Waals surface area contributed by atoms with Crippen molar-refractivity contribution in [2.24, 2.45) is 0 Å². The molecular weight excluding hydrogens is 1160 g/mol. The van der Waals surface area contributed by atoms with E-state index in [1.54, 1.807) is 0 Å². The van der Waals surface area contributed by atoms with Gasteiger partial charge in [0.25, 0.3) is 5.79 Å². The number of aliphatic hydroxyl groups is 17. The molecule has 6 heterocycles. The van der Waals surface area contributed by atoms with Gasteiger partial charge in [0.1, 0.15) is 140 Å². The Morgan fingerprint density at radius 2 is 0.871 bits per heavy atom. The fourth-order valence-electron chi connectivity index (χ4n) is 10.8. The van der Waals surface area contributed by atoms with Crippen LogP contribution in [0.5, 0.6) is 0 Å². The van der Waals surface area contributed by atoms with Gasteiger partial charge in [0.05, 0.1) is 51.8 Å². The second kappa shape index (κ2) is 30.2. The van der Waals surface area contributed by atoms with Crippen LogP contribution in [0.1, 0.15) is 34.1 Å². The molecule has 0 aromatic rings. The monoisotopic (exact) mass is 1240 g/mol. The third kappa shape index (κ3) is 15.6. The van der Waals surface area contributed by atoms with Crippen LogP contribution in [-0.4, -0.2) is 351 Å². The zero-order chi connectivity index (χ0) is 63.3. The molecule has 490 valence electrons. The SMILES string of the molecule is CC(=O)N[C@H]1[C@H](O[C@@H]2[C@H](O[C@]3(C(=O)O)C[C@H](O)[C@@H](NC(C)=O)[C@H]([C@H](O)[C@H](O)CO)O3)[C@@H](O)[C@H](O[C@H]3[C@@H](O)[C@@H](CO)O[C@H](O[C@@H]4[C@H](O)[C@@H](O)[C@H](O[C@H]5[C@@H](O)[C@@H](CO)OC(O)[C@@H]5NC(C)=O)O[C@@H]4CO)[C@@H]3NC(C)=O)O[C@@H]2CO)O[C@H](CO)[C@H](O)[C@@H]1O. The van der Waals surface area contributed by atoms with Crippen LogP contribution >= 0.6 is 0 Å². The fourth-order valence-corrected chi connectivity index (χ4v) is 10.8. The summed E-state index contributed by atoms with van der Waals surface area (Å²) in [6, 6.07) is -7.13. The number of carbonyl (C=O) groups is 5. The van der Waals surface area contributed by atoms with Crippen molar-refractivity contribution in [3.63, 3.8) is 0 Å². The Bertz CT molecular complexity index is 2210. The Labute approximate surface area is 481 Å². The molecule has 38 heteroatoms. The summed E-state index contributed by atoms with van der Waals surface area (Å²) in [5, 5.41) is 206. The number of carboxylic acid groups (broad SMARTS) is 1. The van der Waals surface area contributed by atoms with E-state index in [9.17, 15) is 116 Å². The third-order valence-electron chi connectivity index (χ3n) is 15.0. The molecule has 6 fully saturated rings. The number of amides is 4. The highest BCUT2D eigenvalue weighted by Gasteiger charge is 2.62. The van der Waals surface area contributed by atoms with E-state index in [1.165, 1.54) is 0 Å². The molecule has 0 saturated carbocycles. The van der Waals surface area contributed by atoms with Crippen molar-refractivity contribution >= 4 is 29.6 Å². The van der Waals surface area contributed by atoms with Gasteiger partial charge in [0.15, 0.2) is 31.5 Å². The van der Waals surface area contributed by atoms with E-state index >= 15 is 0 Å². The smallest absolute Gasteiger partial charge is 0.364 e. The second-order valence-electron chi connectivity index (χ2n) is 21.1. The summed E-state index contributed by atoms with van der Waals surface area (Å²) in [4.78, 5) is 63.4. The maximum absolute atomic E-state index is 13.6. The van der Waals surface area contributed by atoms with Crippen molar-refractivity contribution in [1.82, 2.24) is 21.3 Å². The third-order valence-corrected chi connectivity index (χ3v) is 15.0. The number of hydrogen-bond acceptors (Lipinski definition) is 33. The average Bonchev–Trinajstić information content (AvgIpc) is 1.38. The van der Waals surface area contributed by atoms with Crippen molar-refractivity contribution in [1.29, 1.82) is 0 Å². The first-order valence-corrected chi connectivity index (χ1v) is 26.7. The number of aliphatic carboxylic acids is 1. The Morgan fingerprint density at radius 3 is 1.38 bits per heavy atom. The molecular formula is C47H78N4O34. The zero-order valence-electron chi connectivity index (χ0n) is 45.9. The number of aliphatic hydroxyl groups excluding tert-OH is 17. The highest BCUT2D eigenvalue weighted by atomic mass is 16.8. The van der Waals surface area contributed by atoms with Gasteiger partial charge in [0, 0.05) is 34.1 Å². The molecule has 31 atom stereocenters. The molecule has 0 aliphatic carbocycles. The van der Waals surface area contributed by atoms with Gasteiger partial charge in [-0.2, -0.15) is 0 Å². The standard InChI is InChI=1S/C47H78N4O34/c1-12(58)48-23-16(62)5-47(46(73)74,84-39(23)27(64)17(63)6-52)85-40-34(71)45(79-22(11-57)36(40)81-42-24(49-13(2)59)31(68)28(65)18(7-53)76-42)83-38-26(51-15(4)61)43(77-20(9-55)30(38)67)80-35-21(10-56)78-44(33(70)32(35)69)82-37-25(50-14(3)60)41(72)75-19(8-54)29(37)66/h16-45,52-57,62-72H,5-11H2,1-4H3,(H,48,58)(H,49,59)(H,50,60)(H,51,61)(H,73,74)/t16-,17+,18+,19+,20+,21+,22+,23+,24+,25+,26+,27+,28-,29-,30-,31+,32+,33+,34+,35-,36-,37+,38+,39+,40+,41?,42-,43+,44-,45-,47-/m0/s1. The van der Waals surface area contributed by atoms with E-state index in [4.69, 9.17) is 52.1 Å². The lowest BCUT2D eigenvalue weighted by Crippen LogP contribution is -2.72. The Morgan fingerprint density at radius 1 is 0.459 bits per heavy atom. The molecule has 0 spiro atoms. The average molecular weight is 1240 g/mol. The lowest BCUT2D eigenvalue weighted by atomic mass is 9.88. The summed E-state index contributed by atoms with van der Waals surface area (Å²) in [7, 11) is 0. The summed E-state index contributed by atoms with van der Waals surface area (Å²) in [6.45, 7) is -2.75. The van der Waals surface area contributed by atoms with E-state index < -0.39 is 265 Å². The quantitative estimate of drug-likeness (QED) is 0.0452. The largest absolute Gasteiger partial charge is 0.477 e. The van der Waals surface area contributed by atoms with Gasteiger partial charge in [-0.25, -0.2) is 4.79 Å². The van der Waals surface area contributed by atoms with Crippen LogP contribution in [0.2, 0.25) is 0 Å². The Hall–Kier alpha value is -3.77. The van der Waals surface area contributed by atoms with Crippen molar-refractivity contribution < 1.29 is 168 Å². The zero-order valence-corrected chi connectivity index (χ0v) is 45.9. The van der Waals surface area contributed by atoms with Crippen molar-refractivity contribution in [3.05, 3.63) is 0 Å². The van der Waals surface area contributed by atoms with Gasteiger partial charge >= 0.3 is 5.97 Å². The van der Waals surface area contributed by atoms with Crippen molar-refractivity contribution in [3.8, 4) is 0 Å². The molecule has 0 aromatic heterocycles. The molecule has 6 aliphatic rings. The van der Waals surface area contributed by atoms with Gasteiger partial charge < -0.3 is 165 Å². The number of carbonyl (C=O) groups excluding carboxylic acids is 4. The van der Waals surface area contributed by atoms with Crippen LogP contribution in [0.25, 0.3) is 0 Å². The molecule has 85 heavy (non-hydrogen) atoms. The first kappa shape index (κ1) is 70.3. The van der Waals surface area contributed by atoms with E-state index in [0.29, 0.717) is 0 Å². The number of hydrogen-bond donors (Lipinski definition) is 22. The van der Waals surface area contributed by atoms with Gasteiger partial charge in [-0.1, -0.05) is 0 Å². The van der Waals surface area contributed by atoms with Gasteiger partial charge in [0.2, 0.25) is 23.6 Å². The van der Waals surface area contributed by atoms with Crippen LogP contribution in [0.4, 0.5) is 0 Å². The topological polar surface area (TPSA) is 599 Å². The maximum Gasteiger partial charge on any atom is 0.364 e. The second-order valence-corrected chi connectivity index (χ2v) is 21.1. The number of ether oxygens (including phenoxy) is 11. The summed E-state index contributed by atoms with van der Waals surface area (Å²) in [5.41, 5.74) is 0. The van der Waals surface area contributed by atoms with Crippen LogP contribution in [-0.2, 0) is 76.1 Å². The van der Waals surface area contributed by atoms with E-state index in [2.05, 4.69) is 21.3 Å². The minimum atomic E-state index is -3.39. The maximum atomic E-state index is 13.6. The predicted molar refractivity (Wildman–Crippen MR) is 263 cm³/mol. The highest BCUT2D eigenvalue weighted by Crippen LogP contribution is 2.41. The molecule has 6 rings (SSSR count). The van der Waals surface area contributed by atoms with E-state index in [1.807, 2.05) is 0 Å². The summed E-state index contributed by atoms with van der Waals surface area (Å²) in [5.74, 6) is -9.07. The Balaban J connectivity index is 1.38. The normalized spacial score (nSPS) is 45.0. The van der Waals surface area contributed by atoms with Crippen LogP contribution in [0, 0.1) is 0 Å². The van der Waals surface area contributed by atoms with Gasteiger partial charge in [-0.3, -0.25) is 19.2 Å². The van der Waals surface area contributed by atoms with E-state index in [0.717, 1.165) is 27.7 Å². The molecule has 1 unspecified atom stereocenters. The highest BCUT2D eigenvalue weighted by molar-refractivity contribution is 5.77. The first-order chi connectivity index (χ1) is 40.0. The number of rotatable bonds is 23. The predicted octanol–water partition coefficient (Wildman–Crippen LogP) is -14.3. The molecule has 0 radical (unpaired) electrons. The lowest BCUT2D eigenvalue weighted by Gasteiger charge is -2.53. The summed E-state index contributed by atoms with van der Waals surface area (Å²) < 4.78 is 64.4. The molecule has 22 N–H and O–H groups in total. The van der Waals surface area contributed by atoms with Crippen molar-refractivity contribution in [2.75, 3.05) is 39.6 Å². The molecule has 4 amide bonds. The van der Waals surface area contributed by atoms with Crippen LogP contribution in [0.3, 0.4) is 0 Å². The van der Waals surface area contributed by atoms with Crippen LogP contribution < -0.4 is 21.3 Å². The number of nitrogens with one attached hydrogen (secondary N) is 4. The lowest BCUT2D eigenvalue weighted by molar-refractivity contribution is -0.400. The molecule has 6 aliphatic heterocycles. The molecule has 6 saturated heterocycles. The first-order valence-electron chi connectivity index (χ1n) is 26.7. The van der Waals surface area contributed by atoms with Gasteiger partial charge in [-0.15, -0.1) is 0 Å².